The number of nitriles is 1. The van der Waals surface area contributed by atoms with Crippen molar-refractivity contribution in [3.8, 4) is 6.07 Å². The fourth-order valence-corrected chi connectivity index (χ4v) is 2.78. The molecule has 0 saturated heterocycles. The number of nitrogens with zero attached hydrogens (tertiary/aromatic N) is 5. The second-order valence-electron chi connectivity index (χ2n) is 6.60. The number of nitro benzene ring substituents is 1. The number of nitrogens with two attached hydrogens (primary N) is 1. The maximum absolute atomic E-state index is 14.0. The van der Waals surface area contributed by atoms with E-state index in [1.165, 1.54) is 19.1 Å². The minimum absolute atomic E-state index is 0.0231. The molecule has 0 fully saturated rings. The number of benzene rings is 2. The van der Waals surface area contributed by atoms with Gasteiger partial charge in [-0.3, -0.25) is 10.1 Å². The van der Waals surface area contributed by atoms with Crippen molar-refractivity contribution in [1.82, 2.24) is 4.98 Å². The Balaban J connectivity index is 1.97. The van der Waals surface area contributed by atoms with Crippen LogP contribution in [0.2, 0.25) is 0 Å². The molecule has 0 aliphatic heterocycles. The van der Waals surface area contributed by atoms with Gasteiger partial charge in [0.05, 0.1) is 22.1 Å². The van der Waals surface area contributed by atoms with Crippen LogP contribution in [-0.4, -0.2) is 9.91 Å². The Morgan fingerprint density at radius 2 is 1.94 bits per heavy atom. The van der Waals surface area contributed by atoms with Gasteiger partial charge in [-0.2, -0.15) is 18.4 Å². The number of alkyl halides is 3. The number of nitro groups is 1. The third-order valence-electron chi connectivity index (χ3n) is 4.41. The molecule has 0 amide bonds. The fourth-order valence-electron chi connectivity index (χ4n) is 2.78. The number of nitrogen functional groups attached to an aromatic ring is 1. The number of hydrogen-bond acceptors (Lipinski definition) is 8. The van der Waals surface area contributed by atoms with Crippen molar-refractivity contribution in [2.45, 2.75) is 13.1 Å². The molecule has 2 aromatic carbocycles. The van der Waals surface area contributed by atoms with Crippen LogP contribution in [0.1, 0.15) is 16.7 Å². The van der Waals surface area contributed by atoms with E-state index in [2.05, 4.69) is 20.5 Å². The highest BCUT2D eigenvalue weighted by Gasteiger charge is 2.30. The number of hydrogen-bond donors (Lipinski definition) is 2. The zero-order valence-corrected chi connectivity index (χ0v) is 16.7. The third kappa shape index (κ3) is 5.01. The molecule has 168 valence electrons. The van der Waals surface area contributed by atoms with Crippen LogP contribution in [0.5, 0.6) is 0 Å². The van der Waals surface area contributed by atoms with Crippen LogP contribution in [0.15, 0.2) is 52.7 Å². The van der Waals surface area contributed by atoms with Gasteiger partial charge in [0.15, 0.2) is 17.5 Å². The van der Waals surface area contributed by atoms with Gasteiger partial charge in [0.1, 0.15) is 17.4 Å². The molecule has 0 aliphatic carbocycles. The van der Waals surface area contributed by atoms with Crippen LogP contribution in [0.25, 0.3) is 0 Å². The summed E-state index contributed by atoms with van der Waals surface area (Å²) in [4.78, 5) is 13.9. The summed E-state index contributed by atoms with van der Waals surface area (Å²) in [6.07, 6.45) is -4.56. The maximum Gasteiger partial charge on any atom is 0.416 e. The van der Waals surface area contributed by atoms with E-state index >= 15 is 0 Å². The average molecular weight is 459 g/mol. The maximum atomic E-state index is 14.0. The molecule has 1 aromatic heterocycles. The lowest BCUT2D eigenvalue weighted by atomic mass is 10.1. The van der Waals surface area contributed by atoms with E-state index in [0.29, 0.717) is 6.07 Å². The summed E-state index contributed by atoms with van der Waals surface area (Å²) in [7, 11) is 0. The number of aromatic nitrogens is 1. The van der Waals surface area contributed by atoms with Gasteiger partial charge in [-0.1, -0.05) is 6.07 Å². The molecule has 0 radical (unpaired) electrons. The first-order chi connectivity index (χ1) is 15.5. The van der Waals surface area contributed by atoms with Crippen molar-refractivity contribution in [2.24, 2.45) is 10.2 Å². The number of nitrogens with one attached hydrogen (secondary N) is 1. The van der Waals surface area contributed by atoms with E-state index in [1.807, 2.05) is 6.07 Å². The predicted octanol–water partition coefficient (Wildman–Crippen LogP) is 6.07. The Morgan fingerprint density at radius 1 is 1.21 bits per heavy atom. The Bertz CT molecular complexity index is 1320. The number of halogens is 4. The number of anilines is 3. The minimum atomic E-state index is -4.56. The molecule has 3 aromatic rings. The lowest BCUT2D eigenvalue weighted by Gasteiger charge is -2.14. The van der Waals surface area contributed by atoms with Gasteiger partial charge in [0, 0.05) is 17.3 Å². The fraction of sp³-hybridized carbons (Fsp3) is 0.100. The summed E-state index contributed by atoms with van der Waals surface area (Å²) in [6, 6.07) is 8.91. The van der Waals surface area contributed by atoms with Crippen molar-refractivity contribution in [3.05, 3.63) is 75.1 Å². The first kappa shape index (κ1) is 23.1. The van der Waals surface area contributed by atoms with E-state index in [4.69, 9.17) is 5.73 Å². The average Bonchev–Trinajstić information content (AvgIpc) is 2.74. The Morgan fingerprint density at radius 3 is 2.55 bits per heavy atom. The van der Waals surface area contributed by atoms with Crippen molar-refractivity contribution in [3.63, 3.8) is 0 Å². The molecule has 3 N–H and O–H groups in total. The first-order valence-corrected chi connectivity index (χ1v) is 9.01. The van der Waals surface area contributed by atoms with Crippen LogP contribution in [-0.2, 0) is 6.18 Å². The highest BCUT2D eigenvalue weighted by molar-refractivity contribution is 5.75. The Hall–Kier alpha value is -4.60. The molecule has 1 heterocycles. The van der Waals surface area contributed by atoms with E-state index in [-0.39, 0.29) is 39.8 Å². The van der Waals surface area contributed by atoms with E-state index in [0.717, 1.165) is 24.3 Å². The van der Waals surface area contributed by atoms with Crippen molar-refractivity contribution in [2.75, 3.05) is 11.1 Å². The molecule has 0 spiro atoms. The number of non-ortho nitro benzene ring substituents is 1. The largest absolute Gasteiger partial charge is 0.416 e. The lowest BCUT2D eigenvalue weighted by Crippen LogP contribution is -2.07. The summed E-state index contributed by atoms with van der Waals surface area (Å²) in [5, 5.41) is 30.4. The van der Waals surface area contributed by atoms with Crippen molar-refractivity contribution in [1.29, 1.82) is 5.26 Å². The highest BCUT2D eigenvalue weighted by Crippen LogP contribution is 2.36. The topological polar surface area (TPSA) is 143 Å². The van der Waals surface area contributed by atoms with E-state index in [9.17, 15) is 32.9 Å². The monoisotopic (exact) mass is 459 g/mol. The summed E-state index contributed by atoms with van der Waals surface area (Å²) < 4.78 is 52.9. The summed E-state index contributed by atoms with van der Waals surface area (Å²) in [5.74, 6) is -1.33. The molecule has 0 atom stereocenters. The van der Waals surface area contributed by atoms with Gasteiger partial charge in [0.25, 0.3) is 5.69 Å². The van der Waals surface area contributed by atoms with Gasteiger partial charge in [0.2, 0.25) is 0 Å². The quantitative estimate of drug-likeness (QED) is 0.205. The zero-order valence-electron chi connectivity index (χ0n) is 16.7. The third-order valence-corrected chi connectivity index (χ3v) is 4.41. The molecular weight excluding hydrogens is 446 g/mol. The van der Waals surface area contributed by atoms with E-state index in [1.54, 1.807) is 0 Å². The van der Waals surface area contributed by atoms with Crippen LogP contribution in [0, 0.1) is 34.2 Å². The smallest absolute Gasteiger partial charge is 0.382 e. The molecule has 0 aliphatic rings. The highest BCUT2D eigenvalue weighted by atomic mass is 19.4. The number of pyridine rings is 1. The predicted molar refractivity (Wildman–Crippen MR) is 110 cm³/mol. The molecular formula is C20H13F4N7O2. The summed E-state index contributed by atoms with van der Waals surface area (Å²) >= 11 is 0. The van der Waals surface area contributed by atoms with E-state index < -0.39 is 28.2 Å². The van der Waals surface area contributed by atoms with Crippen LogP contribution < -0.4 is 11.1 Å². The van der Waals surface area contributed by atoms with Gasteiger partial charge >= 0.3 is 6.18 Å². The SMILES string of the molecule is Cc1c(C#N)c(Nc2cccc(C(F)(F)F)c2)nc(N)c1N=Nc1ccc([N+](=O)[O-])cc1F. The van der Waals surface area contributed by atoms with Crippen LogP contribution in [0.4, 0.5) is 51.9 Å². The van der Waals surface area contributed by atoms with Gasteiger partial charge < -0.3 is 11.1 Å². The molecule has 0 bridgehead atoms. The molecule has 0 unspecified atom stereocenters. The van der Waals surface area contributed by atoms with Crippen molar-refractivity contribution < 1.29 is 22.5 Å². The number of rotatable bonds is 5. The molecule has 3 rings (SSSR count). The molecule has 9 nitrogen and oxygen atoms in total. The van der Waals surface area contributed by atoms with Crippen LogP contribution >= 0.6 is 0 Å². The van der Waals surface area contributed by atoms with Gasteiger partial charge in [-0.25, -0.2) is 9.37 Å². The molecule has 0 saturated carbocycles. The summed E-state index contributed by atoms with van der Waals surface area (Å²) in [6.45, 7) is 1.45. The number of azo groups is 1. The standard InChI is InChI=1S/C20H13F4N7O2/c1-10-14(9-25)19(27-12-4-2-3-11(7-12)20(22,23)24)28-18(26)17(10)30-29-16-6-5-13(31(32)33)8-15(16)21/h2-8H,1H3,(H3,26,27,28). The Labute approximate surface area is 183 Å². The normalized spacial score (nSPS) is 11.4. The second-order valence-corrected chi connectivity index (χ2v) is 6.60. The first-order valence-electron chi connectivity index (χ1n) is 9.01. The Kier molecular flexibility index (Phi) is 6.20. The van der Waals surface area contributed by atoms with Crippen molar-refractivity contribution >= 4 is 34.4 Å². The second kappa shape index (κ2) is 8.87. The van der Waals surface area contributed by atoms with Gasteiger partial charge in [-0.15, -0.1) is 10.2 Å². The van der Waals surface area contributed by atoms with Crippen LogP contribution in [0.3, 0.4) is 0 Å². The van der Waals surface area contributed by atoms with Gasteiger partial charge in [-0.05, 0) is 31.2 Å². The zero-order chi connectivity index (χ0) is 24.3. The molecule has 13 heteroatoms. The molecule has 33 heavy (non-hydrogen) atoms. The summed E-state index contributed by atoms with van der Waals surface area (Å²) in [5.41, 5.74) is 4.27. The lowest BCUT2D eigenvalue weighted by molar-refractivity contribution is -0.385. The minimum Gasteiger partial charge on any atom is -0.382 e.